The molecule has 0 fully saturated rings. The second kappa shape index (κ2) is 15.7. The minimum atomic E-state index is -1.46. The number of hydrogen-bond donors (Lipinski definition) is 2. The SMILES string of the molecule is C=S=P(C)(C)CP(CP(C)(C)=S)c1ccc(C(=O)NCCN)cc1P(CP(C)(C)=S)CP(C)(I)=S=C. The zero-order chi connectivity index (χ0) is 27.9. The monoisotopic (exact) mass is 792 g/mol. The summed E-state index contributed by atoms with van der Waals surface area (Å²) >= 11 is 14.7. The van der Waals surface area contributed by atoms with E-state index >= 15 is 0 Å². The number of halogens is 1. The minimum absolute atomic E-state index is 0.0456. The van der Waals surface area contributed by atoms with Crippen molar-refractivity contribution in [3.05, 3.63) is 23.8 Å². The Morgan fingerprint density at radius 2 is 1.47 bits per heavy atom. The molecule has 3 nitrogen and oxygen atoms in total. The Bertz CT molecular complexity index is 1200. The second-order valence-electron chi connectivity index (χ2n) is 10.4. The van der Waals surface area contributed by atoms with Gasteiger partial charge in [-0.25, -0.2) is 0 Å². The van der Waals surface area contributed by atoms with Crippen molar-refractivity contribution in [3.8, 4) is 0 Å². The van der Waals surface area contributed by atoms with Crippen LogP contribution < -0.4 is 21.7 Å². The van der Waals surface area contributed by atoms with Gasteiger partial charge in [-0.1, -0.05) is 51.6 Å². The number of hydrogen-bond acceptors (Lipinski definition) is 4. The summed E-state index contributed by atoms with van der Waals surface area (Å²) in [6, 6.07) is 2.39. The summed E-state index contributed by atoms with van der Waals surface area (Å²) < 4.78 is -1.28. The van der Waals surface area contributed by atoms with E-state index in [1.165, 1.54) is 16.5 Å². The van der Waals surface area contributed by atoms with Crippen molar-refractivity contribution in [2.45, 2.75) is 0 Å². The summed E-state index contributed by atoms with van der Waals surface area (Å²) in [5.41, 5.74) is 6.38. The molecule has 1 aromatic carbocycles. The molecule has 36 heavy (non-hydrogen) atoms. The molecule has 0 radical (unpaired) electrons. The molecular weight excluding hydrogens is 749 g/mol. The number of rotatable bonds is 13. The van der Waals surface area contributed by atoms with E-state index in [0.29, 0.717) is 13.1 Å². The van der Waals surface area contributed by atoms with Crippen LogP contribution in [0.25, 0.3) is 0 Å². The highest BCUT2D eigenvalue weighted by Crippen LogP contribution is 2.66. The lowest BCUT2D eigenvalue weighted by molar-refractivity contribution is 0.0955. The first-order chi connectivity index (χ1) is 16.3. The van der Waals surface area contributed by atoms with Crippen LogP contribution in [0.1, 0.15) is 10.4 Å². The van der Waals surface area contributed by atoms with Crippen LogP contribution in [0, 0.1) is 0 Å². The molecule has 0 aromatic heterocycles. The number of carbonyl (C=O) groups is 1. The Balaban J connectivity index is 3.93. The average Bonchev–Trinajstić information content (AvgIpc) is 2.74. The van der Waals surface area contributed by atoms with Gasteiger partial charge >= 0.3 is 0 Å². The van der Waals surface area contributed by atoms with Crippen LogP contribution >= 0.6 is 59.7 Å². The topological polar surface area (TPSA) is 55.1 Å². The quantitative estimate of drug-likeness (QED) is 0.146. The summed E-state index contributed by atoms with van der Waals surface area (Å²) in [4.78, 5) is 13.0. The first kappa shape index (κ1) is 36.6. The third kappa shape index (κ3) is 14.0. The molecule has 0 heterocycles. The molecule has 3 N–H and O–H groups in total. The smallest absolute Gasteiger partial charge is 0.251 e. The highest BCUT2D eigenvalue weighted by atomic mass is 127. The van der Waals surface area contributed by atoms with Gasteiger partial charge in [0.25, 0.3) is 5.91 Å². The Kier molecular flexibility index (Phi) is 16.0. The van der Waals surface area contributed by atoms with Gasteiger partial charge in [0.1, 0.15) is 0 Å². The lowest BCUT2D eigenvalue weighted by atomic mass is 10.2. The summed E-state index contributed by atoms with van der Waals surface area (Å²) in [6.07, 6.45) is 0. The second-order valence-corrected chi connectivity index (χ2v) is 51.2. The highest BCUT2D eigenvalue weighted by Gasteiger charge is 2.29. The normalized spacial score (nSPS) is 16.0. The summed E-state index contributed by atoms with van der Waals surface area (Å²) in [5.74, 6) is 12.9. The van der Waals surface area contributed by atoms with Crippen LogP contribution in [0.2, 0.25) is 0 Å². The highest BCUT2D eigenvalue weighted by molar-refractivity contribution is 14.2. The fourth-order valence-corrected chi connectivity index (χ4v) is 33.3. The van der Waals surface area contributed by atoms with Crippen molar-refractivity contribution in [1.29, 1.82) is 0 Å². The molecule has 0 saturated heterocycles. The number of carbonyl (C=O) groups excluding carboxylic acids is 1. The molecule has 0 bridgehead atoms. The van der Waals surface area contributed by atoms with E-state index < -0.39 is 37.6 Å². The fourth-order valence-electron chi connectivity index (χ4n) is 3.49. The molecule has 0 spiro atoms. The van der Waals surface area contributed by atoms with Gasteiger partial charge in [0.2, 0.25) is 0 Å². The van der Waals surface area contributed by atoms with Crippen molar-refractivity contribution in [2.24, 2.45) is 5.73 Å². The zero-order valence-electron chi connectivity index (χ0n) is 22.6. The van der Waals surface area contributed by atoms with Crippen LogP contribution in [-0.2, 0) is 44.7 Å². The Morgan fingerprint density at radius 1 is 0.944 bits per heavy atom. The number of nitrogens with one attached hydrogen (secondary N) is 1. The fraction of sp³-hybridized carbons (Fsp3) is 0.591. The van der Waals surface area contributed by atoms with E-state index in [0.717, 1.165) is 23.3 Å². The Labute approximate surface area is 253 Å². The minimum Gasteiger partial charge on any atom is -0.351 e. The van der Waals surface area contributed by atoms with Gasteiger partial charge in [-0.05, 0) is 115 Å². The Morgan fingerprint density at radius 3 is 1.92 bits per heavy atom. The van der Waals surface area contributed by atoms with Crippen molar-refractivity contribution in [1.82, 2.24) is 5.32 Å². The van der Waals surface area contributed by atoms with Crippen molar-refractivity contribution in [3.63, 3.8) is 0 Å². The molecule has 3 atom stereocenters. The van der Waals surface area contributed by atoms with Gasteiger partial charge in [0.05, 0.1) is 0 Å². The molecule has 1 rings (SSSR count). The molecule has 0 saturated carbocycles. The number of amides is 1. The van der Waals surface area contributed by atoms with Crippen LogP contribution in [0.5, 0.6) is 0 Å². The van der Waals surface area contributed by atoms with Gasteiger partial charge < -0.3 is 11.1 Å². The molecule has 0 aliphatic rings. The standard InChI is InChI=1S/C22H43IN2OP6S4/c1-29(2,33)15-27(17-31(5,6)35-8)20-11-10-19(22(26)25-13-12-24)14-21(20)28(16-30(3,4)34)18-32(7,23)36-9/h10-11,14H,8-9,12-13,15-18,24H2,1-7H3,(H,25,26). The van der Waals surface area contributed by atoms with Crippen LogP contribution in [0.4, 0.5) is 0 Å². The van der Waals surface area contributed by atoms with Crippen LogP contribution in [0.15, 0.2) is 18.2 Å². The van der Waals surface area contributed by atoms with Crippen molar-refractivity contribution < 1.29 is 4.79 Å². The summed E-state index contributed by atoms with van der Waals surface area (Å²) in [5, 5.41) is 5.82. The van der Waals surface area contributed by atoms with Gasteiger partial charge in [-0.3, -0.25) is 4.79 Å². The molecule has 0 aliphatic heterocycles. The predicted molar refractivity (Wildman–Crippen MR) is 207 cm³/mol. The first-order valence-electron chi connectivity index (χ1n) is 11.3. The van der Waals surface area contributed by atoms with E-state index in [1.807, 2.05) is 6.07 Å². The van der Waals surface area contributed by atoms with Gasteiger partial charge in [0, 0.05) is 45.9 Å². The number of nitrogens with two attached hydrogens (primary N) is 1. The van der Waals surface area contributed by atoms with Crippen molar-refractivity contribution in [2.75, 3.05) is 83.4 Å². The van der Waals surface area contributed by atoms with Gasteiger partial charge in [0.15, 0.2) is 0 Å². The van der Waals surface area contributed by atoms with Gasteiger partial charge in [-0.2, -0.15) is 21.1 Å². The molecule has 1 amide bonds. The van der Waals surface area contributed by atoms with E-state index in [1.54, 1.807) is 21.1 Å². The van der Waals surface area contributed by atoms with E-state index in [-0.39, 0.29) is 5.91 Å². The molecule has 14 heteroatoms. The maximum absolute atomic E-state index is 13.0. The maximum atomic E-state index is 13.0. The molecule has 1 aromatic rings. The third-order valence-corrected chi connectivity index (χ3v) is 37.2. The van der Waals surface area contributed by atoms with Crippen LogP contribution in [0.3, 0.4) is 0 Å². The predicted octanol–water partition coefficient (Wildman–Crippen LogP) is 6.03. The summed E-state index contributed by atoms with van der Waals surface area (Å²) in [6.45, 7) is 17.2. The molecule has 3 unspecified atom stereocenters. The molecule has 0 aliphatic carbocycles. The Hall–Kier alpha value is 2.58. The van der Waals surface area contributed by atoms with E-state index in [4.69, 9.17) is 29.3 Å². The van der Waals surface area contributed by atoms with E-state index in [2.05, 4.69) is 97.9 Å². The van der Waals surface area contributed by atoms with Crippen LogP contribution in [-0.4, -0.2) is 101 Å². The first-order valence-corrected chi connectivity index (χ1v) is 33.7. The summed E-state index contributed by atoms with van der Waals surface area (Å²) in [7, 11) is 2.59. The largest absolute Gasteiger partial charge is 0.351 e. The zero-order valence-corrected chi connectivity index (χ0v) is 33.4. The average molecular weight is 793 g/mol. The lowest BCUT2D eigenvalue weighted by Crippen LogP contribution is -2.32. The maximum Gasteiger partial charge on any atom is 0.251 e. The van der Waals surface area contributed by atoms with Crippen molar-refractivity contribution >= 4 is 133 Å². The third-order valence-electron chi connectivity index (χ3n) is 4.92. The van der Waals surface area contributed by atoms with Gasteiger partial charge in [-0.15, -0.1) is 0 Å². The lowest BCUT2D eigenvalue weighted by Gasteiger charge is -2.32. The van der Waals surface area contributed by atoms with E-state index in [9.17, 15) is 4.79 Å². The number of benzene rings is 1. The molecule has 208 valence electrons. The molecular formula is C22H43IN2OP6S4.